The van der Waals surface area contributed by atoms with Crippen molar-refractivity contribution in [3.05, 3.63) is 47.3 Å². The maximum Gasteiger partial charge on any atom is 0.136 e. The van der Waals surface area contributed by atoms with Crippen molar-refractivity contribution in [2.75, 3.05) is 6.54 Å². The molecule has 18 heavy (non-hydrogen) atoms. The lowest BCUT2D eigenvalue weighted by Crippen LogP contribution is -2.34. The van der Waals surface area contributed by atoms with Gasteiger partial charge in [-0.1, -0.05) is 0 Å². The predicted molar refractivity (Wildman–Crippen MR) is 68.2 cm³/mol. The number of nitrogens with one attached hydrogen (secondary N) is 1. The first-order valence-electron chi connectivity index (χ1n) is 6.02. The van der Waals surface area contributed by atoms with Gasteiger partial charge in [-0.15, -0.1) is 0 Å². The summed E-state index contributed by atoms with van der Waals surface area (Å²) < 4.78 is 10.7. The van der Waals surface area contributed by atoms with Crippen LogP contribution in [0.15, 0.2) is 33.3 Å². The number of hydrogen-bond donors (Lipinski definition) is 2. The first-order valence-corrected chi connectivity index (χ1v) is 6.02. The van der Waals surface area contributed by atoms with Crippen molar-refractivity contribution in [3.8, 4) is 0 Å². The van der Waals surface area contributed by atoms with E-state index in [0.717, 1.165) is 17.1 Å². The van der Waals surface area contributed by atoms with Crippen LogP contribution in [0.1, 0.15) is 29.8 Å². The van der Waals surface area contributed by atoms with E-state index < -0.39 is 5.60 Å². The summed E-state index contributed by atoms with van der Waals surface area (Å²) in [6.07, 6.45) is 1.56. The number of furan rings is 2. The molecular weight excluding hydrogens is 230 g/mol. The Balaban J connectivity index is 1.91. The lowest BCUT2D eigenvalue weighted by Gasteiger charge is -2.21. The second kappa shape index (κ2) is 5.00. The molecule has 4 nitrogen and oxygen atoms in total. The van der Waals surface area contributed by atoms with Gasteiger partial charge in [0, 0.05) is 18.7 Å². The summed E-state index contributed by atoms with van der Waals surface area (Å²) in [6.45, 7) is 6.68. The molecule has 0 bridgehead atoms. The zero-order chi connectivity index (χ0) is 13.2. The second-order valence-corrected chi connectivity index (χ2v) is 4.79. The van der Waals surface area contributed by atoms with Gasteiger partial charge in [0.1, 0.15) is 22.9 Å². The zero-order valence-corrected chi connectivity index (χ0v) is 11.0. The third kappa shape index (κ3) is 2.83. The number of hydrogen-bond acceptors (Lipinski definition) is 4. The quantitative estimate of drug-likeness (QED) is 0.854. The van der Waals surface area contributed by atoms with Crippen molar-refractivity contribution < 1.29 is 13.9 Å². The van der Waals surface area contributed by atoms with Crippen molar-refractivity contribution in [3.63, 3.8) is 0 Å². The van der Waals surface area contributed by atoms with Gasteiger partial charge < -0.3 is 19.3 Å². The van der Waals surface area contributed by atoms with Gasteiger partial charge >= 0.3 is 0 Å². The fourth-order valence-electron chi connectivity index (χ4n) is 1.97. The van der Waals surface area contributed by atoms with Gasteiger partial charge in [0.2, 0.25) is 0 Å². The highest BCUT2D eigenvalue weighted by Crippen LogP contribution is 2.20. The van der Waals surface area contributed by atoms with Gasteiger partial charge in [0.05, 0.1) is 6.26 Å². The Labute approximate surface area is 107 Å². The molecule has 0 fully saturated rings. The topological polar surface area (TPSA) is 58.5 Å². The summed E-state index contributed by atoms with van der Waals surface area (Å²) >= 11 is 0. The highest BCUT2D eigenvalue weighted by Gasteiger charge is 2.25. The van der Waals surface area contributed by atoms with E-state index >= 15 is 0 Å². The van der Waals surface area contributed by atoms with E-state index in [0.29, 0.717) is 18.8 Å². The fourth-order valence-corrected chi connectivity index (χ4v) is 1.97. The van der Waals surface area contributed by atoms with Gasteiger partial charge in [-0.25, -0.2) is 0 Å². The number of aliphatic hydroxyl groups is 1. The van der Waals surface area contributed by atoms with Gasteiger partial charge in [0.25, 0.3) is 0 Å². The molecule has 2 N–H and O–H groups in total. The maximum absolute atomic E-state index is 10.2. The van der Waals surface area contributed by atoms with Crippen LogP contribution in [0.2, 0.25) is 0 Å². The molecule has 2 aromatic heterocycles. The molecule has 0 spiro atoms. The van der Waals surface area contributed by atoms with Gasteiger partial charge in [-0.05, 0) is 39.0 Å². The van der Waals surface area contributed by atoms with Gasteiger partial charge in [0.15, 0.2) is 0 Å². The largest absolute Gasteiger partial charge is 0.466 e. The Hall–Kier alpha value is -1.52. The molecule has 1 atom stereocenters. The summed E-state index contributed by atoms with van der Waals surface area (Å²) in [5.41, 5.74) is 0.110. The standard InChI is InChI=1S/C14H19NO3/c1-10-7-12(11(2)18-10)8-15-9-14(3,16)13-5-4-6-17-13/h4-7,15-16H,8-9H2,1-3H3. The predicted octanol–water partition coefficient (Wildman–Crippen LogP) is 2.49. The van der Waals surface area contributed by atoms with E-state index in [4.69, 9.17) is 8.83 Å². The lowest BCUT2D eigenvalue weighted by molar-refractivity contribution is 0.0340. The molecule has 0 aliphatic rings. The fraction of sp³-hybridized carbons (Fsp3) is 0.429. The molecule has 2 aromatic rings. The SMILES string of the molecule is Cc1cc(CNCC(C)(O)c2ccco2)c(C)o1. The Bertz CT molecular complexity index is 497. The molecule has 98 valence electrons. The normalized spacial score (nSPS) is 14.7. The van der Waals surface area contributed by atoms with Crippen molar-refractivity contribution >= 4 is 0 Å². The van der Waals surface area contributed by atoms with Crippen LogP contribution in [0.4, 0.5) is 0 Å². The summed E-state index contributed by atoms with van der Waals surface area (Å²) in [7, 11) is 0. The molecule has 0 saturated heterocycles. The molecule has 0 aliphatic carbocycles. The smallest absolute Gasteiger partial charge is 0.136 e. The lowest BCUT2D eigenvalue weighted by atomic mass is 10.0. The van der Waals surface area contributed by atoms with E-state index in [1.807, 2.05) is 19.9 Å². The highest BCUT2D eigenvalue weighted by atomic mass is 16.4. The minimum atomic E-state index is -1.00. The van der Waals surface area contributed by atoms with Crippen LogP contribution in [0.25, 0.3) is 0 Å². The maximum atomic E-state index is 10.2. The Morgan fingerprint density at radius 2 is 2.17 bits per heavy atom. The molecule has 1 unspecified atom stereocenters. The number of aryl methyl sites for hydroxylation is 2. The van der Waals surface area contributed by atoms with E-state index in [2.05, 4.69) is 5.32 Å². The summed E-state index contributed by atoms with van der Waals surface area (Å²) in [5.74, 6) is 2.38. The van der Waals surface area contributed by atoms with Crippen molar-refractivity contribution in [1.29, 1.82) is 0 Å². The van der Waals surface area contributed by atoms with Crippen LogP contribution >= 0.6 is 0 Å². The summed E-state index contributed by atoms with van der Waals surface area (Å²) in [4.78, 5) is 0. The first-order chi connectivity index (χ1) is 8.49. The third-order valence-corrected chi connectivity index (χ3v) is 2.98. The molecule has 0 aliphatic heterocycles. The molecule has 4 heteroatoms. The Kier molecular flexibility index (Phi) is 3.59. The van der Waals surface area contributed by atoms with E-state index in [1.54, 1.807) is 25.3 Å². The molecular formula is C14H19NO3. The molecule has 0 amide bonds. The summed E-state index contributed by atoms with van der Waals surface area (Å²) in [5, 5.41) is 13.5. The number of rotatable bonds is 5. The second-order valence-electron chi connectivity index (χ2n) is 4.79. The summed E-state index contributed by atoms with van der Waals surface area (Å²) in [6, 6.07) is 5.55. The van der Waals surface area contributed by atoms with Crippen LogP contribution in [-0.2, 0) is 12.1 Å². The van der Waals surface area contributed by atoms with Gasteiger partial charge in [-0.3, -0.25) is 0 Å². The van der Waals surface area contributed by atoms with Crippen molar-refractivity contribution in [2.24, 2.45) is 0 Å². The highest BCUT2D eigenvalue weighted by molar-refractivity contribution is 5.20. The Morgan fingerprint density at radius 1 is 1.39 bits per heavy atom. The monoisotopic (exact) mass is 249 g/mol. The average molecular weight is 249 g/mol. The first kappa shape index (κ1) is 12.9. The van der Waals surface area contributed by atoms with Crippen LogP contribution in [0.3, 0.4) is 0 Å². The van der Waals surface area contributed by atoms with Crippen LogP contribution in [0, 0.1) is 13.8 Å². The van der Waals surface area contributed by atoms with Gasteiger partial charge in [-0.2, -0.15) is 0 Å². The molecule has 0 radical (unpaired) electrons. The molecule has 2 rings (SSSR count). The minimum absolute atomic E-state index is 0.421. The third-order valence-electron chi connectivity index (χ3n) is 2.98. The van der Waals surface area contributed by atoms with E-state index in [1.165, 1.54) is 0 Å². The van der Waals surface area contributed by atoms with Crippen LogP contribution < -0.4 is 5.32 Å². The molecule has 2 heterocycles. The zero-order valence-electron chi connectivity index (χ0n) is 11.0. The van der Waals surface area contributed by atoms with E-state index in [-0.39, 0.29) is 0 Å². The molecule has 0 aromatic carbocycles. The minimum Gasteiger partial charge on any atom is -0.466 e. The van der Waals surface area contributed by atoms with E-state index in [9.17, 15) is 5.11 Å². The average Bonchev–Trinajstić information content (AvgIpc) is 2.89. The Morgan fingerprint density at radius 3 is 2.72 bits per heavy atom. The van der Waals surface area contributed by atoms with Crippen molar-refractivity contribution in [2.45, 2.75) is 32.9 Å². The van der Waals surface area contributed by atoms with Crippen molar-refractivity contribution in [1.82, 2.24) is 5.32 Å². The molecule has 0 saturated carbocycles. The van der Waals surface area contributed by atoms with Crippen LogP contribution in [-0.4, -0.2) is 11.7 Å². The van der Waals surface area contributed by atoms with Crippen LogP contribution in [0.5, 0.6) is 0 Å².